The van der Waals surface area contributed by atoms with Crippen LogP contribution in [0.5, 0.6) is 0 Å². The fourth-order valence-corrected chi connectivity index (χ4v) is 3.03. The third-order valence-electron chi connectivity index (χ3n) is 4.15. The molecule has 0 saturated carbocycles. The van der Waals surface area contributed by atoms with Crippen molar-refractivity contribution in [2.75, 3.05) is 16.5 Å². The molecular formula is C19H12F4N2. The van der Waals surface area contributed by atoms with E-state index in [0.29, 0.717) is 11.4 Å². The van der Waals surface area contributed by atoms with Crippen LogP contribution in [0.1, 0.15) is 0 Å². The maximum Gasteiger partial charge on any atom is 0.149 e. The zero-order valence-corrected chi connectivity index (χ0v) is 12.9. The van der Waals surface area contributed by atoms with E-state index >= 15 is 0 Å². The molecular weight excluding hydrogens is 332 g/mol. The maximum absolute atomic E-state index is 14.2. The van der Waals surface area contributed by atoms with Gasteiger partial charge in [-0.2, -0.15) is 0 Å². The van der Waals surface area contributed by atoms with Crippen LogP contribution >= 0.6 is 0 Å². The predicted molar refractivity (Wildman–Crippen MR) is 88.3 cm³/mol. The summed E-state index contributed by atoms with van der Waals surface area (Å²) in [7, 11) is 0. The molecule has 6 heteroatoms. The SMILES string of the molecule is Fc1ccc(N2CN(c3ccc(F)cc3F)c3ccccc32)c(F)c1. The molecule has 2 nitrogen and oxygen atoms in total. The number of para-hydroxylation sites is 2. The Bertz CT molecular complexity index is 881. The minimum absolute atomic E-state index is 0.116. The second kappa shape index (κ2) is 5.81. The molecule has 0 atom stereocenters. The second-order valence-electron chi connectivity index (χ2n) is 5.68. The molecule has 126 valence electrons. The Kier molecular flexibility index (Phi) is 3.60. The smallest absolute Gasteiger partial charge is 0.149 e. The molecule has 1 aliphatic heterocycles. The van der Waals surface area contributed by atoms with Crippen LogP contribution in [0, 0.1) is 23.3 Å². The van der Waals surface area contributed by atoms with Crippen molar-refractivity contribution < 1.29 is 17.6 Å². The van der Waals surface area contributed by atoms with Crippen LogP contribution in [-0.2, 0) is 0 Å². The van der Waals surface area contributed by atoms with Crippen LogP contribution in [-0.4, -0.2) is 6.67 Å². The standard InChI is InChI=1S/C19H12F4N2/c20-12-5-7-16(14(22)9-12)24-11-25(19-4-2-1-3-18(19)24)17-8-6-13(21)10-15(17)23/h1-10H,11H2. The summed E-state index contributed by atoms with van der Waals surface area (Å²) >= 11 is 0. The van der Waals surface area contributed by atoms with Gasteiger partial charge in [0, 0.05) is 12.1 Å². The molecule has 3 aromatic carbocycles. The largest absolute Gasteiger partial charge is 0.318 e. The molecule has 0 fully saturated rings. The number of fused-ring (bicyclic) bond motifs is 1. The Balaban J connectivity index is 1.82. The number of hydrogen-bond donors (Lipinski definition) is 0. The lowest BCUT2D eigenvalue weighted by Crippen LogP contribution is -2.25. The lowest BCUT2D eigenvalue weighted by molar-refractivity contribution is 0.581. The fraction of sp³-hybridized carbons (Fsp3) is 0.0526. The molecule has 0 bridgehead atoms. The monoisotopic (exact) mass is 344 g/mol. The number of anilines is 4. The molecule has 25 heavy (non-hydrogen) atoms. The van der Waals surface area contributed by atoms with E-state index in [-0.39, 0.29) is 18.0 Å². The van der Waals surface area contributed by atoms with Crippen LogP contribution in [0.25, 0.3) is 0 Å². The maximum atomic E-state index is 14.2. The molecule has 0 N–H and O–H groups in total. The van der Waals surface area contributed by atoms with E-state index in [1.54, 1.807) is 34.1 Å². The number of hydrogen-bond acceptors (Lipinski definition) is 2. The summed E-state index contributed by atoms with van der Waals surface area (Å²) in [6.07, 6.45) is 0. The minimum atomic E-state index is -0.712. The highest BCUT2D eigenvalue weighted by atomic mass is 19.1. The third kappa shape index (κ3) is 2.59. The summed E-state index contributed by atoms with van der Waals surface area (Å²) in [6, 6.07) is 13.7. The first-order valence-corrected chi connectivity index (χ1v) is 7.59. The van der Waals surface area contributed by atoms with Gasteiger partial charge < -0.3 is 9.80 Å². The van der Waals surface area contributed by atoms with Crippen molar-refractivity contribution in [3.05, 3.63) is 83.9 Å². The molecule has 3 aromatic rings. The molecule has 1 heterocycles. The summed E-state index contributed by atoms with van der Waals surface area (Å²) in [5.41, 5.74) is 1.66. The van der Waals surface area contributed by atoms with E-state index in [9.17, 15) is 17.6 Å². The van der Waals surface area contributed by atoms with Gasteiger partial charge in [0.1, 0.15) is 29.9 Å². The van der Waals surface area contributed by atoms with Crippen molar-refractivity contribution in [3.8, 4) is 0 Å². The van der Waals surface area contributed by atoms with Gasteiger partial charge in [-0.3, -0.25) is 0 Å². The van der Waals surface area contributed by atoms with Crippen molar-refractivity contribution in [1.82, 2.24) is 0 Å². The Morgan fingerprint density at radius 2 is 1.00 bits per heavy atom. The van der Waals surface area contributed by atoms with Crippen molar-refractivity contribution in [2.45, 2.75) is 0 Å². The zero-order valence-electron chi connectivity index (χ0n) is 12.9. The summed E-state index contributed by atoms with van der Waals surface area (Å²) in [5.74, 6) is -2.77. The highest BCUT2D eigenvalue weighted by Gasteiger charge is 2.30. The zero-order chi connectivity index (χ0) is 17.6. The van der Waals surface area contributed by atoms with E-state index in [1.165, 1.54) is 24.3 Å². The van der Waals surface area contributed by atoms with Crippen LogP contribution in [0.15, 0.2) is 60.7 Å². The molecule has 1 aliphatic rings. The van der Waals surface area contributed by atoms with Crippen LogP contribution in [0.2, 0.25) is 0 Å². The Morgan fingerprint density at radius 1 is 0.560 bits per heavy atom. The summed E-state index contributed by atoms with van der Waals surface area (Å²) < 4.78 is 54.9. The van der Waals surface area contributed by atoms with Crippen LogP contribution in [0.3, 0.4) is 0 Å². The molecule has 0 radical (unpaired) electrons. The van der Waals surface area contributed by atoms with Crippen molar-refractivity contribution in [2.24, 2.45) is 0 Å². The average molecular weight is 344 g/mol. The van der Waals surface area contributed by atoms with E-state index in [1.807, 2.05) is 0 Å². The van der Waals surface area contributed by atoms with E-state index in [4.69, 9.17) is 0 Å². The van der Waals surface area contributed by atoms with Gasteiger partial charge in [-0.15, -0.1) is 0 Å². The molecule has 0 unspecified atom stereocenters. The highest BCUT2D eigenvalue weighted by molar-refractivity contribution is 5.87. The van der Waals surface area contributed by atoms with Gasteiger partial charge in [-0.1, -0.05) is 12.1 Å². The van der Waals surface area contributed by atoms with Gasteiger partial charge in [0.15, 0.2) is 0 Å². The predicted octanol–water partition coefficient (Wildman–Crippen LogP) is 5.49. The molecule has 0 saturated heterocycles. The molecule has 0 amide bonds. The number of halogens is 4. The highest BCUT2D eigenvalue weighted by Crippen LogP contribution is 2.45. The Morgan fingerprint density at radius 3 is 1.40 bits per heavy atom. The normalized spacial score (nSPS) is 13.3. The van der Waals surface area contributed by atoms with E-state index in [0.717, 1.165) is 12.1 Å². The number of nitrogens with zero attached hydrogens (tertiary/aromatic N) is 2. The van der Waals surface area contributed by atoms with Gasteiger partial charge in [0.05, 0.1) is 22.7 Å². The number of benzene rings is 3. The van der Waals surface area contributed by atoms with Gasteiger partial charge in [-0.25, -0.2) is 17.6 Å². The first-order valence-electron chi connectivity index (χ1n) is 7.59. The van der Waals surface area contributed by atoms with Crippen molar-refractivity contribution in [1.29, 1.82) is 0 Å². The number of rotatable bonds is 2. The quantitative estimate of drug-likeness (QED) is 0.567. The van der Waals surface area contributed by atoms with Crippen LogP contribution in [0.4, 0.5) is 40.3 Å². The lowest BCUT2D eigenvalue weighted by Gasteiger charge is -2.22. The summed E-state index contributed by atoms with van der Waals surface area (Å²) in [5, 5.41) is 0. The topological polar surface area (TPSA) is 6.48 Å². The molecule has 0 spiro atoms. The van der Waals surface area contributed by atoms with E-state index < -0.39 is 23.3 Å². The molecule has 0 aliphatic carbocycles. The Hall–Kier alpha value is -3.02. The van der Waals surface area contributed by atoms with Crippen molar-refractivity contribution in [3.63, 3.8) is 0 Å². The second-order valence-corrected chi connectivity index (χ2v) is 5.68. The third-order valence-corrected chi connectivity index (χ3v) is 4.15. The minimum Gasteiger partial charge on any atom is -0.318 e. The van der Waals surface area contributed by atoms with Gasteiger partial charge in [0.2, 0.25) is 0 Å². The van der Waals surface area contributed by atoms with Gasteiger partial charge in [-0.05, 0) is 36.4 Å². The summed E-state index contributed by atoms with van der Waals surface area (Å²) in [4.78, 5) is 3.24. The first kappa shape index (κ1) is 15.5. The van der Waals surface area contributed by atoms with Gasteiger partial charge >= 0.3 is 0 Å². The fourth-order valence-electron chi connectivity index (χ4n) is 3.03. The summed E-state index contributed by atoms with van der Waals surface area (Å²) in [6.45, 7) is 0.116. The lowest BCUT2D eigenvalue weighted by atomic mass is 10.2. The van der Waals surface area contributed by atoms with Crippen molar-refractivity contribution >= 4 is 22.7 Å². The first-order chi connectivity index (χ1) is 12.0. The van der Waals surface area contributed by atoms with Crippen LogP contribution < -0.4 is 9.80 Å². The Labute approximate surface area is 141 Å². The molecule has 4 rings (SSSR count). The average Bonchev–Trinajstić information content (AvgIpc) is 2.94. The molecule has 0 aromatic heterocycles. The van der Waals surface area contributed by atoms with E-state index in [2.05, 4.69) is 0 Å². The van der Waals surface area contributed by atoms with Gasteiger partial charge in [0.25, 0.3) is 0 Å².